The van der Waals surface area contributed by atoms with Crippen molar-refractivity contribution in [3.63, 3.8) is 0 Å². The molecule has 1 heterocycles. The van der Waals surface area contributed by atoms with Gasteiger partial charge in [0.05, 0.1) is 6.54 Å². The first kappa shape index (κ1) is 16.9. The van der Waals surface area contributed by atoms with Crippen LogP contribution in [-0.2, 0) is 6.54 Å². The Hall–Kier alpha value is -2.92. The molecule has 126 valence electrons. The molecule has 0 spiro atoms. The van der Waals surface area contributed by atoms with E-state index >= 15 is 0 Å². The van der Waals surface area contributed by atoms with Gasteiger partial charge in [-0.2, -0.15) is 0 Å². The number of anilines is 1. The summed E-state index contributed by atoms with van der Waals surface area (Å²) in [5.74, 6) is -0.886. The third-order valence-electron chi connectivity index (χ3n) is 3.61. The fourth-order valence-electron chi connectivity index (χ4n) is 2.40. The molecule has 0 saturated carbocycles. The van der Waals surface area contributed by atoms with Crippen molar-refractivity contribution < 1.29 is 9.18 Å². The standard InChI is InChI=1S/C19H14ClFN2O2/c20-14-6-8-16(9-7-14)22-18(24)17-5-2-10-23(19(17)25)12-13-3-1-4-15(21)11-13/h1-11H,12H2,(H,22,24). The lowest BCUT2D eigenvalue weighted by Crippen LogP contribution is -2.29. The molecule has 0 radical (unpaired) electrons. The summed E-state index contributed by atoms with van der Waals surface area (Å²) >= 11 is 5.81. The number of hydrogen-bond donors (Lipinski definition) is 1. The molecule has 2 aromatic carbocycles. The van der Waals surface area contributed by atoms with Crippen molar-refractivity contribution in [1.82, 2.24) is 4.57 Å². The number of carbonyl (C=O) groups is 1. The molecule has 3 rings (SSSR count). The first-order valence-electron chi connectivity index (χ1n) is 7.54. The third kappa shape index (κ3) is 4.14. The van der Waals surface area contributed by atoms with Crippen LogP contribution in [0.15, 0.2) is 71.7 Å². The van der Waals surface area contributed by atoms with Gasteiger partial charge in [0.2, 0.25) is 0 Å². The van der Waals surface area contributed by atoms with E-state index in [1.54, 1.807) is 48.7 Å². The van der Waals surface area contributed by atoms with E-state index in [0.29, 0.717) is 16.3 Å². The van der Waals surface area contributed by atoms with Gasteiger partial charge in [0, 0.05) is 16.9 Å². The van der Waals surface area contributed by atoms with E-state index in [9.17, 15) is 14.0 Å². The van der Waals surface area contributed by atoms with Crippen molar-refractivity contribution in [2.45, 2.75) is 6.54 Å². The Labute approximate surface area is 148 Å². The van der Waals surface area contributed by atoms with E-state index in [1.165, 1.54) is 22.8 Å². The summed E-state index contributed by atoms with van der Waals surface area (Å²) in [7, 11) is 0. The summed E-state index contributed by atoms with van der Waals surface area (Å²) in [4.78, 5) is 24.9. The Balaban J connectivity index is 1.84. The first-order chi connectivity index (χ1) is 12.0. The lowest BCUT2D eigenvalue weighted by atomic mass is 10.2. The highest BCUT2D eigenvalue weighted by Crippen LogP contribution is 2.14. The molecule has 3 aromatic rings. The number of aromatic nitrogens is 1. The molecule has 0 unspecified atom stereocenters. The van der Waals surface area contributed by atoms with Crippen LogP contribution in [0, 0.1) is 5.82 Å². The minimum absolute atomic E-state index is 0.00820. The lowest BCUT2D eigenvalue weighted by Gasteiger charge is -2.09. The maximum atomic E-state index is 13.3. The van der Waals surface area contributed by atoms with Crippen LogP contribution in [0.1, 0.15) is 15.9 Å². The highest BCUT2D eigenvalue weighted by atomic mass is 35.5. The van der Waals surface area contributed by atoms with Crippen molar-refractivity contribution in [1.29, 1.82) is 0 Å². The zero-order valence-electron chi connectivity index (χ0n) is 13.1. The van der Waals surface area contributed by atoms with E-state index in [4.69, 9.17) is 11.6 Å². The number of pyridine rings is 1. The first-order valence-corrected chi connectivity index (χ1v) is 7.91. The van der Waals surface area contributed by atoms with Crippen LogP contribution in [0.4, 0.5) is 10.1 Å². The van der Waals surface area contributed by atoms with Crippen LogP contribution in [0.2, 0.25) is 5.02 Å². The van der Waals surface area contributed by atoms with Crippen molar-refractivity contribution >= 4 is 23.2 Å². The molecule has 4 nitrogen and oxygen atoms in total. The van der Waals surface area contributed by atoms with Crippen molar-refractivity contribution in [3.8, 4) is 0 Å². The quantitative estimate of drug-likeness (QED) is 0.769. The molecule has 0 fully saturated rings. The normalized spacial score (nSPS) is 10.5. The largest absolute Gasteiger partial charge is 0.322 e. The second-order valence-electron chi connectivity index (χ2n) is 5.45. The van der Waals surface area contributed by atoms with Gasteiger partial charge < -0.3 is 9.88 Å². The Morgan fingerprint density at radius 3 is 2.56 bits per heavy atom. The molecule has 0 atom stereocenters. The number of benzene rings is 2. The molecule has 0 aliphatic carbocycles. The average Bonchev–Trinajstić information content (AvgIpc) is 2.59. The van der Waals surface area contributed by atoms with Gasteiger partial charge in [-0.15, -0.1) is 0 Å². The number of halogens is 2. The molecule has 0 bridgehead atoms. The molecule has 6 heteroatoms. The third-order valence-corrected chi connectivity index (χ3v) is 3.86. The van der Waals surface area contributed by atoms with Gasteiger partial charge in [-0.05, 0) is 54.1 Å². The minimum atomic E-state index is -0.513. The van der Waals surface area contributed by atoms with Gasteiger partial charge >= 0.3 is 0 Å². The summed E-state index contributed by atoms with van der Waals surface area (Å²) in [6, 6.07) is 15.6. The summed E-state index contributed by atoms with van der Waals surface area (Å²) in [6.07, 6.45) is 1.56. The molecule has 0 aliphatic rings. The van der Waals surface area contributed by atoms with Gasteiger partial charge in [-0.25, -0.2) is 4.39 Å². The zero-order chi connectivity index (χ0) is 17.8. The van der Waals surface area contributed by atoms with Crippen LogP contribution >= 0.6 is 11.6 Å². The zero-order valence-corrected chi connectivity index (χ0v) is 13.8. The van der Waals surface area contributed by atoms with Gasteiger partial charge in [0.25, 0.3) is 11.5 Å². The summed E-state index contributed by atoms with van der Waals surface area (Å²) in [6.45, 7) is 0.179. The summed E-state index contributed by atoms with van der Waals surface area (Å²) in [5.41, 5.74) is 0.735. The smallest absolute Gasteiger partial charge is 0.263 e. The number of amides is 1. The van der Waals surface area contributed by atoms with Crippen LogP contribution < -0.4 is 10.9 Å². The summed E-state index contributed by atoms with van der Waals surface area (Å²) < 4.78 is 14.7. The predicted molar refractivity (Wildman–Crippen MR) is 95.6 cm³/mol. The monoisotopic (exact) mass is 356 g/mol. The number of nitrogens with one attached hydrogen (secondary N) is 1. The maximum Gasteiger partial charge on any atom is 0.263 e. The van der Waals surface area contributed by atoms with Crippen LogP contribution in [0.3, 0.4) is 0 Å². The number of nitrogens with zero attached hydrogens (tertiary/aromatic N) is 1. The number of rotatable bonds is 4. The molecule has 0 saturated heterocycles. The Morgan fingerprint density at radius 2 is 1.84 bits per heavy atom. The van der Waals surface area contributed by atoms with E-state index in [-0.39, 0.29) is 17.9 Å². The molecule has 1 N–H and O–H groups in total. The van der Waals surface area contributed by atoms with E-state index in [0.717, 1.165) is 0 Å². The second-order valence-corrected chi connectivity index (χ2v) is 5.88. The highest BCUT2D eigenvalue weighted by molar-refractivity contribution is 6.30. The molecular weight excluding hydrogens is 343 g/mol. The average molecular weight is 357 g/mol. The number of hydrogen-bond acceptors (Lipinski definition) is 2. The van der Waals surface area contributed by atoms with Crippen LogP contribution in [0.5, 0.6) is 0 Å². The fraction of sp³-hybridized carbons (Fsp3) is 0.0526. The lowest BCUT2D eigenvalue weighted by molar-refractivity contribution is 0.102. The Kier molecular flexibility index (Phi) is 4.95. The van der Waals surface area contributed by atoms with Crippen molar-refractivity contribution in [2.75, 3.05) is 5.32 Å². The Morgan fingerprint density at radius 1 is 1.08 bits per heavy atom. The van der Waals surface area contributed by atoms with E-state index in [1.807, 2.05) is 0 Å². The van der Waals surface area contributed by atoms with Gasteiger partial charge in [0.15, 0.2) is 0 Å². The predicted octanol–water partition coefficient (Wildman–Crippen LogP) is 3.94. The molecule has 0 aliphatic heterocycles. The van der Waals surface area contributed by atoms with Gasteiger partial charge in [-0.3, -0.25) is 9.59 Å². The van der Waals surface area contributed by atoms with Crippen LogP contribution in [0.25, 0.3) is 0 Å². The molecule has 25 heavy (non-hydrogen) atoms. The SMILES string of the molecule is O=C(Nc1ccc(Cl)cc1)c1cccn(Cc2cccc(F)c2)c1=O. The fourth-order valence-corrected chi connectivity index (χ4v) is 2.52. The highest BCUT2D eigenvalue weighted by Gasteiger charge is 2.12. The maximum absolute atomic E-state index is 13.3. The van der Waals surface area contributed by atoms with Gasteiger partial charge in [-0.1, -0.05) is 23.7 Å². The van der Waals surface area contributed by atoms with Crippen molar-refractivity contribution in [3.05, 3.63) is 99.2 Å². The second kappa shape index (κ2) is 7.32. The van der Waals surface area contributed by atoms with Crippen molar-refractivity contribution in [2.24, 2.45) is 0 Å². The number of carbonyl (C=O) groups excluding carboxylic acids is 1. The van der Waals surface area contributed by atoms with E-state index in [2.05, 4.69) is 5.32 Å². The van der Waals surface area contributed by atoms with E-state index < -0.39 is 11.5 Å². The minimum Gasteiger partial charge on any atom is -0.322 e. The molecule has 1 aromatic heterocycles. The Bertz CT molecular complexity index is 968. The van der Waals surface area contributed by atoms with Gasteiger partial charge in [0.1, 0.15) is 11.4 Å². The van der Waals surface area contributed by atoms with Crippen LogP contribution in [-0.4, -0.2) is 10.5 Å². The molecular formula is C19H14ClFN2O2. The summed E-state index contributed by atoms with van der Waals surface area (Å²) in [5, 5.41) is 3.21. The topological polar surface area (TPSA) is 51.1 Å². The molecule has 1 amide bonds.